The molecule has 1 amide bonds. The van der Waals surface area contributed by atoms with Crippen molar-refractivity contribution < 1.29 is 46.6 Å². The van der Waals surface area contributed by atoms with Gasteiger partial charge in [-0.3, -0.25) is 4.79 Å². The number of benzene rings is 2. The van der Waals surface area contributed by atoms with Crippen LogP contribution in [0, 0.1) is 17.8 Å². The van der Waals surface area contributed by atoms with Gasteiger partial charge >= 0.3 is 12.3 Å². The molecule has 3 fully saturated rings. The van der Waals surface area contributed by atoms with Crippen molar-refractivity contribution in [3.05, 3.63) is 59.4 Å². The molecule has 0 aliphatic heterocycles. The van der Waals surface area contributed by atoms with E-state index in [9.17, 15) is 27.9 Å². The molecule has 0 radical (unpaired) electrons. The number of hydrogen-bond acceptors (Lipinski definition) is 7. The molecule has 3 aromatic rings. The summed E-state index contributed by atoms with van der Waals surface area (Å²) in [4.78, 5) is 24.9. The normalized spacial score (nSPS) is 23.2. The van der Waals surface area contributed by atoms with Crippen molar-refractivity contribution in [3.63, 3.8) is 0 Å². The summed E-state index contributed by atoms with van der Waals surface area (Å²) in [5.74, 6) is -0.585. The summed E-state index contributed by atoms with van der Waals surface area (Å²) in [6.07, 6.45) is -0.166. The average Bonchev–Trinajstić information content (AvgIpc) is 3.66. The number of aromatic carboxylic acids is 1. The number of amides is 1. The number of nitrogens with one attached hydrogen (secondary N) is 1. The first-order valence-corrected chi connectivity index (χ1v) is 14.3. The first-order chi connectivity index (χ1) is 20.6. The highest BCUT2D eigenvalue weighted by Crippen LogP contribution is 2.50. The first-order valence-electron chi connectivity index (χ1n) is 14.3. The van der Waals surface area contributed by atoms with Gasteiger partial charge in [0.15, 0.2) is 0 Å². The van der Waals surface area contributed by atoms with Crippen LogP contribution < -0.4 is 14.8 Å². The summed E-state index contributed by atoms with van der Waals surface area (Å²) < 4.78 is 60.9. The van der Waals surface area contributed by atoms with Crippen molar-refractivity contribution in [2.24, 2.45) is 17.8 Å². The quantitative estimate of drug-likeness (QED) is 0.261. The van der Waals surface area contributed by atoms with E-state index in [2.05, 4.69) is 15.2 Å². The second kappa shape index (κ2) is 11.6. The van der Waals surface area contributed by atoms with Crippen LogP contribution in [0.4, 0.5) is 18.9 Å². The second-order valence-electron chi connectivity index (χ2n) is 11.4. The second-order valence-corrected chi connectivity index (χ2v) is 11.4. The van der Waals surface area contributed by atoms with Gasteiger partial charge in [0, 0.05) is 23.0 Å². The summed E-state index contributed by atoms with van der Waals surface area (Å²) in [6.45, 7) is 0.116. The molecule has 12 heteroatoms. The predicted molar refractivity (Wildman–Crippen MR) is 147 cm³/mol. The molecular formula is C31H31F3N2O7. The van der Waals surface area contributed by atoms with Crippen LogP contribution in [-0.4, -0.2) is 41.7 Å². The lowest BCUT2D eigenvalue weighted by Crippen LogP contribution is -2.38. The maximum absolute atomic E-state index is 13.4. The highest BCUT2D eigenvalue weighted by molar-refractivity contribution is 5.97. The Morgan fingerprint density at radius 3 is 2.42 bits per heavy atom. The fourth-order valence-electron chi connectivity index (χ4n) is 6.61. The van der Waals surface area contributed by atoms with Gasteiger partial charge in [-0.05, 0) is 80.7 Å². The Morgan fingerprint density at radius 2 is 1.77 bits per heavy atom. The predicted octanol–water partition coefficient (Wildman–Crippen LogP) is 6.78. The molecule has 228 valence electrons. The van der Waals surface area contributed by atoms with Gasteiger partial charge in [-0.15, -0.1) is 13.2 Å². The van der Waals surface area contributed by atoms with Crippen molar-refractivity contribution in [2.75, 3.05) is 12.4 Å². The van der Waals surface area contributed by atoms with E-state index < -0.39 is 12.3 Å². The molecule has 6 rings (SSSR count). The molecule has 2 aromatic carbocycles. The average molecular weight is 601 g/mol. The zero-order valence-electron chi connectivity index (χ0n) is 23.4. The molecule has 2 N–H and O–H groups in total. The largest absolute Gasteiger partial charge is 0.573 e. The van der Waals surface area contributed by atoms with E-state index in [0.29, 0.717) is 35.6 Å². The van der Waals surface area contributed by atoms with Gasteiger partial charge in [-0.1, -0.05) is 17.3 Å². The zero-order valence-corrected chi connectivity index (χ0v) is 23.4. The summed E-state index contributed by atoms with van der Waals surface area (Å²) >= 11 is 0. The molecule has 1 aromatic heterocycles. The number of halogens is 3. The topological polar surface area (TPSA) is 120 Å². The van der Waals surface area contributed by atoms with E-state index in [0.717, 1.165) is 25.7 Å². The number of aromatic nitrogens is 1. The fourth-order valence-corrected chi connectivity index (χ4v) is 6.61. The molecule has 3 aliphatic rings. The van der Waals surface area contributed by atoms with Gasteiger partial charge in [-0.2, -0.15) is 0 Å². The van der Waals surface area contributed by atoms with Crippen LogP contribution in [-0.2, 0) is 16.1 Å². The number of carboxylic acids is 1. The van der Waals surface area contributed by atoms with Crippen LogP contribution in [0.3, 0.4) is 0 Å². The van der Waals surface area contributed by atoms with E-state index in [-0.39, 0.29) is 64.9 Å². The number of carbonyl (C=O) groups excluding carboxylic acids is 1. The minimum Gasteiger partial charge on any atom is -0.495 e. The highest BCUT2D eigenvalue weighted by atomic mass is 19.4. The number of alkyl halides is 3. The molecular weight excluding hydrogens is 569 g/mol. The van der Waals surface area contributed by atoms with E-state index in [1.165, 1.54) is 43.5 Å². The molecule has 2 unspecified atom stereocenters. The molecule has 2 atom stereocenters. The number of nitrogens with zero attached hydrogens (tertiary/aromatic N) is 1. The molecule has 3 aliphatic carbocycles. The molecule has 2 bridgehead atoms. The number of fused-ring (bicyclic) bond motifs is 2. The molecule has 0 saturated heterocycles. The van der Waals surface area contributed by atoms with Gasteiger partial charge in [0.05, 0.1) is 31.1 Å². The van der Waals surface area contributed by atoms with Crippen molar-refractivity contribution >= 4 is 17.6 Å². The Kier molecular flexibility index (Phi) is 7.80. The smallest absolute Gasteiger partial charge is 0.495 e. The number of carboxylic acid groups (broad SMARTS) is 1. The molecule has 3 saturated carbocycles. The number of carbonyl (C=O) groups is 2. The zero-order chi connectivity index (χ0) is 30.3. The number of hydrogen-bond donors (Lipinski definition) is 2. The Balaban J connectivity index is 1.16. The molecule has 0 spiro atoms. The molecule has 1 heterocycles. The van der Waals surface area contributed by atoms with Crippen molar-refractivity contribution in [1.82, 2.24) is 5.16 Å². The fraction of sp³-hybridized carbons (Fsp3) is 0.452. The number of para-hydroxylation sites is 1. The van der Waals surface area contributed by atoms with Crippen molar-refractivity contribution in [1.29, 1.82) is 0 Å². The number of rotatable bonds is 10. The van der Waals surface area contributed by atoms with Crippen LogP contribution in [0.5, 0.6) is 11.5 Å². The van der Waals surface area contributed by atoms with Crippen molar-refractivity contribution in [3.8, 4) is 22.8 Å². The summed E-state index contributed by atoms with van der Waals surface area (Å²) in [6, 6.07) is 10.2. The number of ether oxygens (including phenoxy) is 3. The van der Waals surface area contributed by atoms with Gasteiger partial charge in [0.1, 0.15) is 23.0 Å². The van der Waals surface area contributed by atoms with Crippen LogP contribution >= 0.6 is 0 Å². The Morgan fingerprint density at radius 1 is 1.05 bits per heavy atom. The third kappa shape index (κ3) is 6.20. The van der Waals surface area contributed by atoms with Gasteiger partial charge < -0.3 is 29.2 Å². The van der Waals surface area contributed by atoms with Crippen LogP contribution in [0.1, 0.15) is 66.1 Å². The Hall–Kier alpha value is -4.06. The minimum absolute atomic E-state index is 0.0439. The number of methoxy groups -OCH3 is 1. The maximum Gasteiger partial charge on any atom is 0.573 e. The van der Waals surface area contributed by atoms with Crippen LogP contribution in [0.25, 0.3) is 11.3 Å². The maximum atomic E-state index is 13.4. The summed E-state index contributed by atoms with van der Waals surface area (Å²) in [5, 5.41) is 16.4. The standard InChI is InChI=1S/C31H31F3N2O7/c1-40-25-11-10-19(30(38)39)14-23(25)35-29(37)26-17-8-9-18(26)13-20(12-17)41-15-22-27(36-43-28(22)16-6-7-16)21-4-2-3-5-24(21)42-31(32,33)34/h2-5,10-11,14,16-18,20,26H,6-9,12-13,15H2,1H3,(H,35,37)(H,38,39). The summed E-state index contributed by atoms with van der Waals surface area (Å²) in [5.41, 5.74) is 1.43. The van der Waals surface area contributed by atoms with Crippen molar-refractivity contribution in [2.45, 2.75) is 63.5 Å². The third-order valence-electron chi connectivity index (χ3n) is 8.66. The van der Waals surface area contributed by atoms with Gasteiger partial charge in [0.25, 0.3) is 0 Å². The lowest BCUT2D eigenvalue weighted by Gasteiger charge is -2.34. The van der Waals surface area contributed by atoms with E-state index in [1.54, 1.807) is 6.07 Å². The third-order valence-corrected chi connectivity index (χ3v) is 8.66. The summed E-state index contributed by atoms with van der Waals surface area (Å²) in [7, 11) is 1.45. The van der Waals surface area contributed by atoms with E-state index >= 15 is 0 Å². The highest BCUT2D eigenvalue weighted by Gasteiger charge is 2.47. The lowest BCUT2D eigenvalue weighted by atomic mass is 9.76. The monoisotopic (exact) mass is 600 g/mol. The SMILES string of the molecule is COc1ccc(C(=O)O)cc1NC(=O)C1C2CCC1CC(OCc1c(-c3ccccc3OC(F)(F)F)noc1C1CC1)C2. The minimum atomic E-state index is -4.86. The van der Waals surface area contributed by atoms with E-state index in [1.807, 2.05) is 0 Å². The first kappa shape index (κ1) is 29.0. The Labute approximate surface area is 245 Å². The molecule has 9 nitrogen and oxygen atoms in total. The number of anilines is 1. The Bertz CT molecular complexity index is 1500. The van der Waals surface area contributed by atoms with Crippen LogP contribution in [0.2, 0.25) is 0 Å². The van der Waals surface area contributed by atoms with Gasteiger partial charge in [-0.25, -0.2) is 4.79 Å². The van der Waals surface area contributed by atoms with Gasteiger partial charge in [0.2, 0.25) is 5.91 Å². The molecule has 43 heavy (non-hydrogen) atoms. The lowest BCUT2D eigenvalue weighted by molar-refractivity contribution is -0.274. The van der Waals surface area contributed by atoms with Crippen LogP contribution in [0.15, 0.2) is 47.0 Å². The van der Waals surface area contributed by atoms with E-state index in [4.69, 9.17) is 14.0 Å².